The highest BCUT2D eigenvalue weighted by Crippen LogP contribution is 1.97. The van der Waals surface area contributed by atoms with Crippen molar-refractivity contribution in [3.05, 3.63) is 0 Å². The number of ether oxygens (including phenoxy) is 2. The Balaban J connectivity index is 3.23. The van der Waals surface area contributed by atoms with E-state index in [1.54, 1.807) is 14.0 Å². The fourth-order valence-electron chi connectivity index (χ4n) is 0.516. The summed E-state index contributed by atoms with van der Waals surface area (Å²) in [7, 11) is 1.63. The van der Waals surface area contributed by atoms with Gasteiger partial charge in [-0.05, 0) is 14.0 Å². The average molecular weight is 163 g/mol. The van der Waals surface area contributed by atoms with Crippen LogP contribution in [0.3, 0.4) is 0 Å². The minimum absolute atomic E-state index is 0.391. The van der Waals surface area contributed by atoms with Gasteiger partial charge in [-0.25, -0.2) is 0 Å². The molecule has 0 saturated carbocycles. The third-order valence-electron chi connectivity index (χ3n) is 1.28. The van der Waals surface area contributed by atoms with E-state index in [4.69, 9.17) is 9.47 Å². The third-order valence-corrected chi connectivity index (χ3v) is 1.28. The van der Waals surface area contributed by atoms with Gasteiger partial charge in [0.25, 0.3) is 0 Å². The zero-order valence-electron chi connectivity index (χ0n) is 7.39. The first-order valence-electron chi connectivity index (χ1n) is 3.75. The van der Waals surface area contributed by atoms with Gasteiger partial charge in [0.15, 0.2) is 0 Å². The Morgan fingerprint density at radius 1 is 1.45 bits per heavy atom. The number of hydrogen-bond acceptors (Lipinski definition) is 4. The lowest BCUT2D eigenvalue weighted by atomic mass is 10.5. The van der Waals surface area contributed by atoms with Crippen molar-refractivity contribution in [1.29, 1.82) is 0 Å². The molecule has 0 aliphatic carbocycles. The van der Waals surface area contributed by atoms with E-state index in [2.05, 4.69) is 5.32 Å². The van der Waals surface area contributed by atoms with E-state index in [0.717, 1.165) is 0 Å². The van der Waals surface area contributed by atoms with Crippen molar-refractivity contribution in [1.82, 2.24) is 5.32 Å². The van der Waals surface area contributed by atoms with E-state index in [9.17, 15) is 5.11 Å². The molecule has 0 amide bonds. The van der Waals surface area contributed by atoms with Crippen LogP contribution in [0.2, 0.25) is 0 Å². The maximum Gasteiger partial charge on any atom is 0.221 e. The van der Waals surface area contributed by atoms with Crippen LogP contribution in [0.15, 0.2) is 0 Å². The first-order valence-corrected chi connectivity index (χ1v) is 3.75. The second kappa shape index (κ2) is 5.49. The predicted molar refractivity (Wildman–Crippen MR) is 42.1 cm³/mol. The van der Waals surface area contributed by atoms with Crippen LogP contribution in [0.5, 0.6) is 0 Å². The van der Waals surface area contributed by atoms with Crippen LogP contribution in [0.4, 0.5) is 0 Å². The maximum absolute atomic E-state index is 9.23. The fourth-order valence-corrected chi connectivity index (χ4v) is 0.516. The third kappa shape index (κ3) is 6.25. The normalized spacial score (nSPS) is 16.4. The van der Waals surface area contributed by atoms with E-state index in [0.29, 0.717) is 19.8 Å². The van der Waals surface area contributed by atoms with E-state index in [1.807, 2.05) is 6.92 Å². The summed E-state index contributed by atoms with van der Waals surface area (Å²) in [5.74, 6) is -1.24. The van der Waals surface area contributed by atoms with Gasteiger partial charge < -0.3 is 14.6 Å². The summed E-state index contributed by atoms with van der Waals surface area (Å²) < 4.78 is 10.0. The molecule has 4 nitrogen and oxygen atoms in total. The second-order valence-corrected chi connectivity index (χ2v) is 2.28. The lowest BCUT2D eigenvalue weighted by Gasteiger charge is -2.22. The molecule has 0 spiro atoms. The van der Waals surface area contributed by atoms with Crippen LogP contribution in [0.25, 0.3) is 0 Å². The second-order valence-electron chi connectivity index (χ2n) is 2.28. The van der Waals surface area contributed by atoms with Crippen molar-refractivity contribution in [2.24, 2.45) is 0 Å². The first kappa shape index (κ1) is 10.8. The summed E-state index contributed by atoms with van der Waals surface area (Å²) in [5.41, 5.74) is 0. The summed E-state index contributed by atoms with van der Waals surface area (Å²) >= 11 is 0. The Labute approximate surface area is 67.5 Å². The molecule has 0 radical (unpaired) electrons. The van der Waals surface area contributed by atoms with Crippen molar-refractivity contribution in [3.63, 3.8) is 0 Å². The van der Waals surface area contributed by atoms with E-state index in [-0.39, 0.29) is 0 Å². The largest absolute Gasteiger partial charge is 0.379 e. The summed E-state index contributed by atoms with van der Waals surface area (Å²) in [6, 6.07) is 0. The molecule has 1 atom stereocenters. The van der Waals surface area contributed by atoms with Gasteiger partial charge in [-0.1, -0.05) is 0 Å². The van der Waals surface area contributed by atoms with Crippen molar-refractivity contribution in [2.45, 2.75) is 19.8 Å². The predicted octanol–water partition coefficient (Wildman–Crippen LogP) is -0.0751. The highest BCUT2D eigenvalue weighted by molar-refractivity contribution is 4.50. The van der Waals surface area contributed by atoms with Crippen LogP contribution < -0.4 is 5.32 Å². The van der Waals surface area contributed by atoms with Gasteiger partial charge in [0, 0.05) is 13.5 Å². The Morgan fingerprint density at radius 3 is 2.55 bits per heavy atom. The van der Waals surface area contributed by atoms with E-state index in [1.165, 1.54) is 0 Å². The van der Waals surface area contributed by atoms with Crippen LogP contribution in [-0.4, -0.2) is 37.9 Å². The van der Waals surface area contributed by atoms with Gasteiger partial charge in [-0.3, -0.25) is 5.32 Å². The van der Waals surface area contributed by atoms with Crippen molar-refractivity contribution in [3.8, 4) is 0 Å². The molecule has 11 heavy (non-hydrogen) atoms. The fraction of sp³-hybridized carbons (Fsp3) is 1.00. The average Bonchev–Trinajstić information content (AvgIpc) is 1.99. The molecule has 0 saturated heterocycles. The lowest BCUT2D eigenvalue weighted by Crippen LogP contribution is -2.42. The van der Waals surface area contributed by atoms with Crippen LogP contribution in [0, 0.1) is 0 Å². The number of aliphatic hydroxyl groups is 1. The molecule has 1 unspecified atom stereocenters. The summed E-state index contributed by atoms with van der Waals surface area (Å²) in [6.07, 6.45) is 0. The van der Waals surface area contributed by atoms with Crippen molar-refractivity contribution >= 4 is 0 Å². The molecule has 0 bridgehead atoms. The summed E-state index contributed by atoms with van der Waals surface area (Å²) in [6.45, 7) is 5.02. The molecule has 0 heterocycles. The molecular weight excluding hydrogens is 146 g/mol. The molecule has 0 rings (SSSR count). The van der Waals surface area contributed by atoms with Gasteiger partial charge in [0.2, 0.25) is 5.91 Å². The topological polar surface area (TPSA) is 50.7 Å². The Bertz CT molecular complexity index is 95.7. The van der Waals surface area contributed by atoms with Crippen LogP contribution >= 0.6 is 0 Å². The van der Waals surface area contributed by atoms with Gasteiger partial charge in [0.1, 0.15) is 0 Å². The molecule has 0 aromatic rings. The molecule has 68 valence electrons. The Morgan fingerprint density at radius 2 is 2.09 bits per heavy atom. The number of nitrogens with one attached hydrogen (secondary N) is 1. The van der Waals surface area contributed by atoms with E-state index >= 15 is 0 Å². The monoisotopic (exact) mass is 163 g/mol. The van der Waals surface area contributed by atoms with Gasteiger partial charge in [0.05, 0.1) is 13.2 Å². The standard InChI is InChI=1S/C7H17NO3/c1-4-10-5-6-11-7(2,9)8-3/h8-9H,4-6H2,1-3H3. The molecule has 0 aliphatic rings. The van der Waals surface area contributed by atoms with Gasteiger partial charge in [-0.2, -0.15) is 0 Å². The van der Waals surface area contributed by atoms with Crippen molar-refractivity contribution < 1.29 is 14.6 Å². The molecule has 0 aromatic carbocycles. The molecule has 2 N–H and O–H groups in total. The SMILES string of the molecule is CCOCCOC(C)(O)NC. The number of rotatable bonds is 6. The summed E-state index contributed by atoms with van der Waals surface area (Å²) in [5, 5.41) is 11.8. The van der Waals surface area contributed by atoms with Crippen LogP contribution in [-0.2, 0) is 9.47 Å². The highest BCUT2D eigenvalue weighted by atomic mass is 16.6. The molecular formula is C7H17NO3. The molecule has 0 aromatic heterocycles. The molecule has 4 heteroatoms. The maximum atomic E-state index is 9.23. The van der Waals surface area contributed by atoms with E-state index < -0.39 is 5.91 Å². The van der Waals surface area contributed by atoms with Gasteiger partial charge >= 0.3 is 0 Å². The smallest absolute Gasteiger partial charge is 0.221 e. The lowest BCUT2D eigenvalue weighted by molar-refractivity contribution is -0.213. The quantitative estimate of drug-likeness (QED) is 0.425. The summed E-state index contributed by atoms with van der Waals surface area (Å²) in [4.78, 5) is 0. The number of hydrogen-bond donors (Lipinski definition) is 2. The molecule has 0 aliphatic heterocycles. The zero-order chi connectivity index (χ0) is 8.74. The van der Waals surface area contributed by atoms with Crippen molar-refractivity contribution in [2.75, 3.05) is 26.9 Å². The minimum atomic E-state index is -1.24. The van der Waals surface area contributed by atoms with Crippen LogP contribution in [0.1, 0.15) is 13.8 Å². The zero-order valence-corrected chi connectivity index (χ0v) is 7.39. The van der Waals surface area contributed by atoms with Gasteiger partial charge in [-0.15, -0.1) is 0 Å². The highest BCUT2D eigenvalue weighted by Gasteiger charge is 2.16. The first-order chi connectivity index (χ1) is 5.12. The molecule has 0 fully saturated rings. The minimum Gasteiger partial charge on any atom is -0.379 e. The Hall–Kier alpha value is -0.160. The Kier molecular flexibility index (Phi) is 5.41.